The molecule has 2 N–H and O–H groups in total. The number of unbranched alkanes of at least 4 members (excludes halogenated alkanes) is 1. The number of halogens is 3. The third-order valence-electron chi connectivity index (χ3n) is 5.13. The van der Waals surface area contributed by atoms with Crippen LogP contribution in [0.5, 0.6) is 11.5 Å². The van der Waals surface area contributed by atoms with Crippen LogP contribution in [0.2, 0.25) is 0 Å². The molecule has 0 unspecified atom stereocenters. The molecule has 0 aliphatic carbocycles. The highest BCUT2D eigenvalue weighted by atomic mass is 19.2. The van der Waals surface area contributed by atoms with Crippen LogP contribution in [-0.2, 0) is 6.61 Å². The second-order valence-corrected chi connectivity index (χ2v) is 7.61. The summed E-state index contributed by atoms with van der Waals surface area (Å²) in [6, 6.07) is 12.9. The summed E-state index contributed by atoms with van der Waals surface area (Å²) >= 11 is 0. The normalized spacial score (nSPS) is 10.9. The second kappa shape index (κ2) is 10.3. The van der Waals surface area contributed by atoms with E-state index >= 15 is 0 Å². The predicted molar refractivity (Wildman–Crippen MR) is 122 cm³/mol. The van der Waals surface area contributed by atoms with E-state index in [-0.39, 0.29) is 23.9 Å². The first-order valence-corrected chi connectivity index (χ1v) is 10.7. The van der Waals surface area contributed by atoms with E-state index in [0.29, 0.717) is 40.6 Å². The summed E-state index contributed by atoms with van der Waals surface area (Å²) < 4.78 is 51.5. The maximum absolute atomic E-state index is 13.9. The van der Waals surface area contributed by atoms with E-state index < -0.39 is 17.5 Å². The number of fused-ring (bicyclic) bond motifs is 1. The molecule has 0 atom stereocenters. The van der Waals surface area contributed by atoms with E-state index in [1.54, 1.807) is 42.5 Å². The number of anilines is 1. The minimum absolute atomic E-state index is 0.123. The smallest absolute Gasteiger partial charge is 0.256 e. The van der Waals surface area contributed by atoms with Crippen LogP contribution in [0.3, 0.4) is 0 Å². The van der Waals surface area contributed by atoms with E-state index in [1.165, 1.54) is 0 Å². The Balaban J connectivity index is 1.45. The summed E-state index contributed by atoms with van der Waals surface area (Å²) in [6.45, 7) is 2.40. The molecule has 0 aliphatic rings. The SMILES string of the molecule is CCCCOc1ccc(C(=O)Nc2n[nH]c3ccc(OCc4cc(F)c(F)cc4F)cc23)cc1. The molecule has 1 aromatic heterocycles. The molecular formula is C25H22F3N3O3. The second-order valence-electron chi connectivity index (χ2n) is 7.61. The van der Waals surface area contributed by atoms with Crippen molar-refractivity contribution in [1.82, 2.24) is 10.2 Å². The first-order chi connectivity index (χ1) is 16.4. The van der Waals surface area contributed by atoms with Crippen molar-refractivity contribution in [2.75, 3.05) is 11.9 Å². The number of carbonyl (C=O) groups excluding carboxylic acids is 1. The third kappa shape index (κ3) is 5.31. The first-order valence-electron chi connectivity index (χ1n) is 10.7. The molecule has 3 aromatic carbocycles. The lowest BCUT2D eigenvalue weighted by Gasteiger charge is -2.09. The van der Waals surface area contributed by atoms with Crippen LogP contribution < -0.4 is 14.8 Å². The van der Waals surface area contributed by atoms with Crippen molar-refractivity contribution in [3.8, 4) is 11.5 Å². The number of hydrogen-bond donors (Lipinski definition) is 2. The maximum atomic E-state index is 13.9. The van der Waals surface area contributed by atoms with Crippen LogP contribution in [0.1, 0.15) is 35.7 Å². The summed E-state index contributed by atoms with van der Waals surface area (Å²) in [5, 5.41) is 10.3. The van der Waals surface area contributed by atoms with Crippen LogP contribution in [0.15, 0.2) is 54.6 Å². The molecule has 0 saturated carbocycles. The number of H-pyrrole nitrogens is 1. The molecule has 9 heteroatoms. The van der Waals surface area contributed by atoms with E-state index in [4.69, 9.17) is 9.47 Å². The van der Waals surface area contributed by atoms with E-state index in [0.717, 1.165) is 18.9 Å². The molecule has 0 spiro atoms. The van der Waals surface area contributed by atoms with Gasteiger partial charge in [-0.05, 0) is 55.0 Å². The molecule has 4 rings (SSSR count). The molecule has 0 fully saturated rings. The van der Waals surface area contributed by atoms with Crippen molar-refractivity contribution in [3.05, 3.63) is 83.2 Å². The average molecular weight is 469 g/mol. The molecule has 0 aliphatic heterocycles. The van der Waals surface area contributed by atoms with Crippen molar-refractivity contribution in [1.29, 1.82) is 0 Å². The number of nitrogens with one attached hydrogen (secondary N) is 2. The Hall–Kier alpha value is -4.01. The van der Waals surface area contributed by atoms with E-state index in [1.807, 2.05) is 0 Å². The van der Waals surface area contributed by atoms with Crippen LogP contribution in [-0.4, -0.2) is 22.7 Å². The molecule has 0 saturated heterocycles. The van der Waals surface area contributed by atoms with Gasteiger partial charge in [0.25, 0.3) is 5.91 Å². The van der Waals surface area contributed by atoms with E-state index in [9.17, 15) is 18.0 Å². The van der Waals surface area contributed by atoms with Crippen molar-refractivity contribution in [2.45, 2.75) is 26.4 Å². The number of aromatic nitrogens is 2. The zero-order valence-electron chi connectivity index (χ0n) is 18.3. The lowest BCUT2D eigenvalue weighted by molar-refractivity contribution is 0.102. The summed E-state index contributed by atoms with van der Waals surface area (Å²) in [6.07, 6.45) is 1.99. The Morgan fingerprint density at radius 3 is 2.44 bits per heavy atom. The lowest BCUT2D eigenvalue weighted by atomic mass is 10.2. The number of carbonyl (C=O) groups is 1. The minimum atomic E-state index is -1.26. The Labute approximate surface area is 193 Å². The molecule has 0 radical (unpaired) electrons. The van der Waals surface area contributed by atoms with Gasteiger partial charge in [-0.3, -0.25) is 9.89 Å². The average Bonchev–Trinajstić information content (AvgIpc) is 3.23. The van der Waals surface area contributed by atoms with Crippen LogP contribution >= 0.6 is 0 Å². The Morgan fingerprint density at radius 2 is 1.68 bits per heavy atom. The summed E-state index contributed by atoms with van der Waals surface area (Å²) in [4.78, 5) is 12.7. The number of nitrogens with zero attached hydrogens (tertiary/aromatic N) is 1. The van der Waals surface area contributed by atoms with Crippen molar-refractivity contribution >= 4 is 22.6 Å². The standard InChI is InChI=1S/C25H22F3N3O3/c1-2-3-10-33-17-6-4-15(5-7-17)25(32)29-24-19-12-18(8-9-23(19)30-31-24)34-14-16-11-21(27)22(28)13-20(16)26/h4-9,11-13H,2-3,10,14H2,1H3,(H2,29,30,31,32). The molecule has 176 valence electrons. The van der Waals surface area contributed by atoms with Gasteiger partial charge in [0.05, 0.1) is 12.1 Å². The summed E-state index contributed by atoms with van der Waals surface area (Å²) in [5.41, 5.74) is 0.948. The van der Waals surface area contributed by atoms with E-state index in [2.05, 4.69) is 22.4 Å². The highest BCUT2D eigenvalue weighted by Crippen LogP contribution is 2.27. The van der Waals surface area contributed by atoms with Gasteiger partial charge in [0.2, 0.25) is 0 Å². The largest absolute Gasteiger partial charge is 0.494 e. The quantitative estimate of drug-likeness (QED) is 0.233. The number of rotatable bonds is 9. The van der Waals surface area contributed by atoms with Gasteiger partial charge in [0.1, 0.15) is 23.9 Å². The molecule has 1 heterocycles. The number of hydrogen-bond acceptors (Lipinski definition) is 4. The lowest BCUT2D eigenvalue weighted by Crippen LogP contribution is -2.12. The van der Waals surface area contributed by atoms with Gasteiger partial charge in [0.15, 0.2) is 17.5 Å². The highest BCUT2D eigenvalue weighted by molar-refractivity contribution is 6.08. The number of benzene rings is 3. The van der Waals surface area contributed by atoms with Gasteiger partial charge >= 0.3 is 0 Å². The Morgan fingerprint density at radius 1 is 0.941 bits per heavy atom. The minimum Gasteiger partial charge on any atom is -0.494 e. The fraction of sp³-hybridized carbons (Fsp3) is 0.200. The van der Waals surface area contributed by atoms with Gasteiger partial charge in [-0.2, -0.15) is 5.10 Å². The fourth-order valence-corrected chi connectivity index (χ4v) is 3.23. The zero-order chi connectivity index (χ0) is 24.1. The molecule has 6 nitrogen and oxygen atoms in total. The van der Waals surface area contributed by atoms with Gasteiger partial charge in [-0.15, -0.1) is 0 Å². The number of ether oxygens (including phenoxy) is 2. The molecule has 1 amide bonds. The Kier molecular flexibility index (Phi) is 7.01. The van der Waals surface area contributed by atoms with Crippen LogP contribution in [0, 0.1) is 17.5 Å². The first kappa shape index (κ1) is 23.2. The topological polar surface area (TPSA) is 76.2 Å². The monoisotopic (exact) mass is 469 g/mol. The summed E-state index contributed by atoms with van der Waals surface area (Å²) in [5.74, 6) is -2.37. The van der Waals surface area contributed by atoms with Crippen LogP contribution in [0.4, 0.5) is 19.0 Å². The van der Waals surface area contributed by atoms with Crippen molar-refractivity contribution in [3.63, 3.8) is 0 Å². The van der Waals surface area contributed by atoms with Gasteiger partial charge < -0.3 is 14.8 Å². The molecule has 34 heavy (non-hydrogen) atoms. The Bertz CT molecular complexity index is 1310. The predicted octanol–water partition coefficient (Wildman–Crippen LogP) is 5.99. The maximum Gasteiger partial charge on any atom is 0.256 e. The number of amides is 1. The fourth-order valence-electron chi connectivity index (χ4n) is 3.23. The molecular weight excluding hydrogens is 447 g/mol. The zero-order valence-corrected chi connectivity index (χ0v) is 18.3. The highest BCUT2D eigenvalue weighted by Gasteiger charge is 2.14. The van der Waals surface area contributed by atoms with Gasteiger partial charge in [-0.25, -0.2) is 13.2 Å². The number of aromatic amines is 1. The summed E-state index contributed by atoms with van der Waals surface area (Å²) in [7, 11) is 0. The molecule has 0 bridgehead atoms. The van der Waals surface area contributed by atoms with Crippen molar-refractivity contribution in [2.24, 2.45) is 0 Å². The van der Waals surface area contributed by atoms with Gasteiger partial charge in [-0.1, -0.05) is 13.3 Å². The van der Waals surface area contributed by atoms with Crippen LogP contribution in [0.25, 0.3) is 10.9 Å². The van der Waals surface area contributed by atoms with Gasteiger partial charge in [0, 0.05) is 22.6 Å². The third-order valence-corrected chi connectivity index (χ3v) is 5.13. The molecule has 4 aromatic rings. The van der Waals surface area contributed by atoms with Crippen molar-refractivity contribution < 1.29 is 27.4 Å².